The lowest BCUT2D eigenvalue weighted by Gasteiger charge is -2.13. The standard InChI is InChI=1S/C31H28N6O2S/c1-23(30(38)35-33-21-24-12-11-19-28(20-24)39-27-17-9-4-10-18-27)40-31-36-34-29(22-32-25-13-5-2-6-14-25)37(31)26-15-7-3-8-16-26/h2-21,23,32H,22H2,1H3,(H,35,38)/b33-21-. The summed E-state index contributed by atoms with van der Waals surface area (Å²) in [6, 6.07) is 36.8. The van der Waals surface area contributed by atoms with Crippen LogP contribution >= 0.6 is 11.8 Å². The maximum absolute atomic E-state index is 12.9. The molecule has 40 heavy (non-hydrogen) atoms. The first-order valence-corrected chi connectivity index (χ1v) is 13.6. The summed E-state index contributed by atoms with van der Waals surface area (Å²) in [7, 11) is 0. The third-order valence-corrected chi connectivity index (χ3v) is 6.86. The van der Waals surface area contributed by atoms with Gasteiger partial charge in [0, 0.05) is 11.4 Å². The highest BCUT2D eigenvalue weighted by Crippen LogP contribution is 2.26. The van der Waals surface area contributed by atoms with E-state index in [0.717, 1.165) is 28.5 Å². The van der Waals surface area contributed by atoms with E-state index in [1.807, 2.05) is 127 Å². The van der Waals surface area contributed by atoms with E-state index in [9.17, 15) is 4.79 Å². The maximum atomic E-state index is 12.9. The lowest BCUT2D eigenvalue weighted by molar-refractivity contribution is -0.120. The predicted molar refractivity (Wildman–Crippen MR) is 159 cm³/mol. The molecule has 5 aromatic rings. The van der Waals surface area contributed by atoms with Gasteiger partial charge in [0.25, 0.3) is 5.91 Å². The second kappa shape index (κ2) is 13.3. The topological polar surface area (TPSA) is 93.4 Å². The Morgan fingerprint density at radius 2 is 1.57 bits per heavy atom. The van der Waals surface area contributed by atoms with Gasteiger partial charge in [-0.2, -0.15) is 5.10 Å². The van der Waals surface area contributed by atoms with E-state index >= 15 is 0 Å². The molecule has 2 N–H and O–H groups in total. The number of para-hydroxylation sites is 3. The molecular formula is C31H28N6O2S. The molecule has 0 radical (unpaired) electrons. The fourth-order valence-electron chi connectivity index (χ4n) is 3.82. The zero-order valence-corrected chi connectivity index (χ0v) is 22.7. The summed E-state index contributed by atoms with van der Waals surface area (Å²) in [6.45, 7) is 2.29. The van der Waals surface area contributed by atoms with Crippen LogP contribution in [-0.2, 0) is 11.3 Å². The van der Waals surface area contributed by atoms with Gasteiger partial charge in [0.15, 0.2) is 11.0 Å². The molecular weight excluding hydrogens is 520 g/mol. The molecule has 0 aliphatic rings. The maximum Gasteiger partial charge on any atom is 0.253 e. The first kappa shape index (κ1) is 26.7. The third kappa shape index (κ3) is 7.15. The number of anilines is 1. The summed E-state index contributed by atoms with van der Waals surface area (Å²) < 4.78 is 7.84. The normalized spacial score (nSPS) is 11.7. The van der Waals surface area contributed by atoms with Crippen LogP contribution in [0, 0.1) is 0 Å². The summed E-state index contributed by atoms with van der Waals surface area (Å²) in [4.78, 5) is 12.9. The number of nitrogens with zero attached hydrogens (tertiary/aromatic N) is 4. The van der Waals surface area contributed by atoms with E-state index < -0.39 is 5.25 Å². The Morgan fingerprint density at radius 1 is 0.900 bits per heavy atom. The van der Waals surface area contributed by atoms with Crippen molar-refractivity contribution in [2.24, 2.45) is 5.10 Å². The molecule has 4 aromatic carbocycles. The van der Waals surface area contributed by atoms with Gasteiger partial charge in [0.05, 0.1) is 18.0 Å². The zero-order valence-electron chi connectivity index (χ0n) is 21.8. The van der Waals surface area contributed by atoms with Crippen LogP contribution in [0.25, 0.3) is 5.69 Å². The molecule has 0 bridgehead atoms. The van der Waals surface area contributed by atoms with Crippen LogP contribution in [0.3, 0.4) is 0 Å². The monoisotopic (exact) mass is 548 g/mol. The summed E-state index contributed by atoms with van der Waals surface area (Å²) >= 11 is 1.32. The van der Waals surface area contributed by atoms with Gasteiger partial charge in [-0.05, 0) is 61.0 Å². The van der Waals surface area contributed by atoms with Gasteiger partial charge in [0.2, 0.25) is 0 Å². The van der Waals surface area contributed by atoms with Crippen LogP contribution in [0.1, 0.15) is 18.3 Å². The molecule has 1 unspecified atom stereocenters. The summed E-state index contributed by atoms with van der Waals surface area (Å²) in [5.41, 5.74) is 5.34. The number of carbonyl (C=O) groups is 1. The quantitative estimate of drug-likeness (QED) is 0.114. The Bertz CT molecular complexity index is 1560. The minimum Gasteiger partial charge on any atom is -0.457 e. The highest BCUT2D eigenvalue weighted by Gasteiger charge is 2.21. The van der Waals surface area contributed by atoms with Crippen molar-refractivity contribution in [1.29, 1.82) is 0 Å². The number of hydrogen-bond donors (Lipinski definition) is 2. The molecule has 0 saturated heterocycles. The zero-order chi connectivity index (χ0) is 27.6. The molecule has 200 valence electrons. The van der Waals surface area contributed by atoms with E-state index in [-0.39, 0.29) is 5.91 Å². The number of ether oxygens (including phenoxy) is 1. The van der Waals surface area contributed by atoms with Crippen molar-refractivity contribution in [3.63, 3.8) is 0 Å². The number of nitrogens with one attached hydrogen (secondary N) is 2. The number of amides is 1. The van der Waals surface area contributed by atoms with Crippen LogP contribution in [0.5, 0.6) is 11.5 Å². The third-order valence-electron chi connectivity index (χ3n) is 5.82. The van der Waals surface area contributed by atoms with Crippen molar-refractivity contribution in [2.45, 2.75) is 23.9 Å². The second-order valence-corrected chi connectivity index (χ2v) is 10.1. The number of thioether (sulfide) groups is 1. The Kier molecular flexibility index (Phi) is 8.85. The Morgan fingerprint density at radius 3 is 2.33 bits per heavy atom. The summed E-state index contributed by atoms with van der Waals surface area (Å²) in [5.74, 6) is 1.92. The first-order valence-electron chi connectivity index (χ1n) is 12.8. The fraction of sp³-hybridized carbons (Fsp3) is 0.0968. The first-order chi connectivity index (χ1) is 19.7. The predicted octanol–water partition coefficient (Wildman–Crippen LogP) is 6.30. The van der Waals surface area contributed by atoms with Crippen LogP contribution in [0.2, 0.25) is 0 Å². The smallest absolute Gasteiger partial charge is 0.253 e. The molecule has 0 spiro atoms. The Balaban J connectivity index is 1.23. The molecule has 8 nitrogen and oxygen atoms in total. The van der Waals surface area contributed by atoms with Crippen molar-refractivity contribution < 1.29 is 9.53 Å². The van der Waals surface area contributed by atoms with E-state index in [4.69, 9.17) is 4.74 Å². The molecule has 1 atom stereocenters. The average Bonchev–Trinajstić information content (AvgIpc) is 3.40. The minimum absolute atomic E-state index is 0.246. The minimum atomic E-state index is -0.466. The van der Waals surface area contributed by atoms with Gasteiger partial charge in [-0.25, -0.2) is 5.43 Å². The number of benzene rings is 4. The Labute approximate surface area is 237 Å². The number of hydrazone groups is 1. The van der Waals surface area contributed by atoms with E-state index in [0.29, 0.717) is 17.5 Å². The number of hydrogen-bond acceptors (Lipinski definition) is 7. The van der Waals surface area contributed by atoms with Crippen molar-refractivity contribution >= 4 is 29.6 Å². The SMILES string of the molecule is CC(Sc1nnc(CNc2ccccc2)n1-c1ccccc1)C(=O)N/N=C\c1cccc(Oc2ccccc2)c1. The van der Waals surface area contributed by atoms with Crippen LogP contribution in [0.4, 0.5) is 5.69 Å². The number of aromatic nitrogens is 3. The van der Waals surface area contributed by atoms with Gasteiger partial charge < -0.3 is 10.1 Å². The van der Waals surface area contributed by atoms with E-state index in [1.165, 1.54) is 11.8 Å². The van der Waals surface area contributed by atoms with Crippen LogP contribution in [-0.4, -0.2) is 32.1 Å². The molecule has 0 fully saturated rings. The Hall–Kier alpha value is -4.89. The molecule has 0 aliphatic heterocycles. The highest BCUT2D eigenvalue weighted by molar-refractivity contribution is 8.00. The van der Waals surface area contributed by atoms with Gasteiger partial charge in [0.1, 0.15) is 11.5 Å². The average molecular weight is 549 g/mol. The van der Waals surface area contributed by atoms with Crippen molar-refractivity contribution in [2.75, 3.05) is 5.32 Å². The van der Waals surface area contributed by atoms with E-state index in [2.05, 4.69) is 26.0 Å². The number of rotatable bonds is 11. The lowest BCUT2D eigenvalue weighted by atomic mass is 10.2. The summed E-state index contributed by atoms with van der Waals surface area (Å²) in [5, 5.41) is 16.5. The molecule has 1 aromatic heterocycles. The molecule has 5 rings (SSSR count). The van der Waals surface area contributed by atoms with Crippen molar-refractivity contribution in [3.05, 3.63) is 127 Å². The van der Waals surface area contributed by atoms with Crippen LogP contribution < -0.4 is 15.5 Å². The largest absolute Gasteiger partial charge is 0.457 e. The van der Waals surface area contributed by atoms with E-state index in [1.54, 1.807) is 6.21 Å². The molecule has 9 heteroatoms. The van der Waals surface area contributed by atoms with Crippen molar-refractivity contribution in [1.82, 2.24) is 20.2 Å². The van der Waals surface area contributed by atoms with Crippen LogP contribution in [0.15, 0.2) is 126 Å². The van der Waals surface area contributed by atoms with Gasteiger partial charge >= 0.3 is 0 Å². The molecule has 1 heterocycles. The van der Waals surface area contributed by atoms with Gasteiger partial charge in [-0.15, -0.1) is 10.2 Å². The molecule has 0 aliphatic carbocycles. The summed E-state index contributed by atoms with van der Waals surface area (Å²) in [6.07, 6.45) is 1.59. The van der Waals surface area contributed by atoms with Gasteiger partial charge in [-0.3, -0.25) is 9.36 Å². The highest BCUT2D eigenvalue weighted by atomic mass is 32.2. The fourth-order valence-corrected chi connectivity index (χ4v) is 4.70. The second-order valence-electron chi connectivity index (χ2n) is 8.77. The van der Waals surface area contributed by atoms with Gasteiger partial charge in [-0.1, -0.05) is 78.5 Å². The molecule has 1 amide bonds. The van der Waals surface area contributed by atoms with Crippen molar-refractivity contribution in [3.8, 4) is 17.2 Å². The molecule has 0 saturated carbocycles. The number of carbonyl (C=O) groups excluding carboxylic acids is 1. The lowest BCUT2D eigenvalue weighted by Crippen LogP contribution is -2.27.